The average molecular weight is 197 g/mol. The van der Waals surface area contributed by atoms with E-state index < -0.39 is 20.9 Å². The summed E-state index contributed by atoms with van der Waals surface area (Å²) in [5.41, 5.74) is -4.39. The van der Waals surface area contributed by atoms with Crippen LogP contribution in [0.3, 0.4) is 0 Å². The maximum Gasteiger partial charge on any atom is 0.452 e. The molecule has 0 aromatic carbocycles. The van der Waals surface area contributed by atoms with E-state index in [1.54, 1.807) is 0 Å². The van der Waals surface area contributed by atoms with E-state index in [4.69, 9.17) is 0 Å². The van der Waals surface area contributed by atoms with Gasteiger partial charge in [0.25, 0.3) is 4.57 Å². The topological polar surface area (TPSA) is 17.1 Å². The summed E-state index contributed by atoms with van der Waals surface area (Å²) in [6.45, 7) is 0. The molecular formula is C2ClF3OS2. The number of rotatable bonds is 1. The summed E-state index contributed by atoms with van der Waals surface area (Å²) >= 11 is 4.59. The Kier molecular flexibility index (Phi) is 3.76. The molecule has 0 aromatic heterocycles. The van der Waals surface area contributed by atoms with Gasteiger partial charge >= 0.3 is 5.51 Å². The molecule has 0 rings (SSSR count). The van der Waals surface area contributed by atoms with Crippen molar-refractivity contribution in [2.45, 2.75) is 5.51 Å². The summed E-state index contributed by atoms with van der Waals surface area (Å²) < 4.78 is 32.4. The van der Waals surface area contributed by atoms with Crippen molar-refractivity contribution in [1.29, 1.82) is 0 Å². The molecule has 0 bridgehead atoms. The summed E-state index contributed by atoms with van der Waals surface area (Å²) in [7, 11) is -0.567. The molecule has 7 heteroatoms. The van der Waals surface area contributed by atoms with Gasteiger partial charge in [-0.1, -0.05) is 0 Å². The van der Waals surface area contributed by atoms with Crippen molar-refractivity contribution in [2.75, 3.05) is 0 Å². The molecule has 0 heterocycles. The Balaban J connectivity index is 3.39. The lowest BCUT2D eigenvalue weighted by Gasteiger charge is -1.99. The third kappa shape index (κ3) is 8.45. The van der Waals surface area contributed by atoms with Crippen LogP contribution in [0, 0.1) is 0 Å². The molecule has 0 unspecified atom stereocenters. The van der Waals surface area contributed by atoms with E-state index in [2.05, 4.69) is 11.6 Å². The maximum atomic E-state index is 11.1. The first-order chi connectivity index (χ1) is 3.92. The van der Waals surface area contributed by atoms with Gasteiger partial charge in [0.05, 0.1) is 0 Å². The van der Waals surface area contributed by atoms with Crippen molar-refractivity contribution in [3.63, 3.8) is 0 Å². The minimum Gasteiger partial charge on any atom is -0.267 e. The second-order valence-corrected chi connectivity index (χ2v) is 3.58. The predicted molar refractivity (Wildman–Crippen MR) is 32.5 cm³/mol. The molecule has 0 saturated heterocycles. The van der Waals surface area contributed by atoms with Crippen molar-refractivity contribution in [3.05, 3.63) is 0 Å². The molecule has 0 spiro atoms. The Labute approximate surface area is 61.7 Å². The fourth-order valence-corrected chi connectivity index (χ4v) is 1.00. The minimum absolute atomic E-state index is 0.0436. The van der Waals surface area contributed by atoms with Crippen molar-refractivity contribution in [2.24, 2.45) is 0 Å². The second-order valence-electron chi connectivity index (χ2n) is 0.850. The Morgan fingerprint density at radius 2 is 1.89 bits per heavy atom. The molecule has 0 N–H and O–H groups in total. The zero-order valence-electron chi connectivity index (χ0n) is 3.74. The van der Waals surface area contributed by atoms with Crippen LogP contribution in [0.4, 0.5) is 18.0 Å². The van der Waals surface area contributed by atoms with Crippen LogP contribution < -0.4 is 0 Å². The molecule has 0 aliphatic carbocycles. The summed E-state index contributed by atoms with van der Waals surface area (Å²) in [4.78, 5) is 9.70. The number of hydrogen-bond acceptors (Lipinski definition) is 3. The number of carbonyl (C=O) groups is 1. The molecule has 1 nitrogen and oxygen atoms in total. The lowest BCUT2D eigenvalue weighted by atomic mass is 11.6. The number of hydrogen-bond donors (Lipinski definition) is 0. The van der Waals surface area contributed by atoms with Crippen LogP contribution >= 0.6 is 33.2 Å². The van der Waals surface area contributed by atoms with Gasteiger partial charge in [0.1, 0.15) is 0 Å². The molecule has 0 aliphatic rings. The van der Waals surface area contributed by atoms with Crippen molar-refractivity contribution >= 4 is 37.8 Å². The summed E-state index contributed by atoms with van der Waals surface area (Å²) in [5, 5.41) is 0. The Hall–Kier alpha value is 0.450. The lowest BCUT2D eigenvalue weighted by Crippen LogP contribution is -1.96. The second kappa shape index (κ2) is 3.58. The van der Waals surface area contributed by atoms with E-state index in [1.165, 1.54) is 0 Å². The fourth-order valence-electron chi connectivity index (χ4n) is 0.0800. The number of alkyl halides is 3. The van der Waals surface area contributed by atoms with Gasteiger partial charge in [-0.2, -0.15) is 13.2 Å². The zero-order chi connectivity index (χ0) is 7.49. The van der Waals surface area contributed by atoms with Gasteiger partial charge < -0.3 is 0 Å². The SMILES string of the molecule is O=C(Cl)SSC(F)(F)F. The minimum atomic E-state index is -4.39. The molecule has 0 aromatic rings. The highest BCUT2D eigenvalue weighted by Crippen LogP contribution is 2.40. The largest absolute Gasteiger partial charge is 0.452 e. The van der Waals surface area contributed by atoms with E-state index in [0.717, 1.165) is 0 Å². The Bertz CT molecular complexity index is 113. The molecule has 0 saturated carbocycles. The lowest BCUT2D eigenvalue weighted by molar-refractivity contribution is -0.0311. The predicted octanol–water partition coefficient (Wildman–Crippen LogP) is 3.25. The highest BCUT2D eigenvalue weighted by molar-refractivity contribution is 8.83. The summed E-state index contributed by atoms with van der Waals surface area (Å²) in [6.07, 6.45) is 0. The van der Waals surface area contributed by atoms with Crippen LogP contribution in [0.2, 0.25) is 0 Å². The van der Waals surface area contributed by atoms with Gasteiger partial charge in [0.15, 0.2) is 0 Å². The number of halogens is 4. The molecule has 9 heavy (non-hydrogen) atoms. The zero-order valence-corrected chi connectivity index (χ0v) is 6.13. The van der Waals surface area contributed by atoms with Crippen LogP contribution in [0.5, 0.6) is 0 Å². The van der Waals surface area contributed by atoms with Crippen molar-refractivity contribution in [1.82, 2.24) is 0 Å². The van der Waals surface area contributed by atoms with Gasteiger partial charge in [0, 0.05) is 21.6 Å². The molecule has 0 fully saturated rings. The molecule has 0 atom stereocenters. The summed E-state index contributed by atoms with van der Waals surface area (Å²) in [6, 6.07) is 0. The fraction of sp³-hybridized carbons (Fsp3) is 0.500. The molecule has 0 amide bonds. The first kappa shape index (κ1) is 9.45. The highest BCUT2D eigenvalue weighted by atomic mass is 35.5. The number of carbonyl (C=O) groups excluding carboxylic acids is 1. The first-order valence-electron chi connectivity index (χ1n) is 1.53. The van der Waals surface area contributed by atoms with Crippen molar-refractivity contribution in [3.8, 4) is 0 Å². The van der Waals surface area contributed by atoms with Gasteiger partial charge in [-0.3, -0.25) is 4.79 Å². The molecule has 0 radical (unpaired) electrons. The van der Waals surface area contributed by atoms with E-state index in [9.17, 15) is 18.0 Å². The third-order valence-electron chi connectivity index (χ3n) is 0.202. The average Bonchev–Trinajstić information content (AvgIpc) is 1.59. The quantitative estimate of drug-likeness (QED) is 0.473. The molecular weight excluding hydrogens is 197 g/mol. The van der Waals surface area contributed by atoms with Crippen LogP contribution in [-0.4, -0.2) is 10.1 Å². The van der Waals surface area contributed by atoms with Crippen LogP contribution in [0.1, 0.15) is 0 Å². The maximum absolute atomic E-state index is 11.1. The van der Waals surface area contributed by atoms with E-state index in [-0.39, 0.29) is 10.8 Å². The summed E-state index contributed by atoms with van der Waals surface area (Å²) in [5.74, 6) is 0. The molecule has 54 valence electrons. The van der Waals surface area contributed by atoms with Gasteiger partial charge in [0.2, 0.25) is 0 Å². The van der Waals surface area contributed by atoms with Crippen LogP contribution in [0.15, 0.2) is 0 Å². The first-order valence-corrected chi connectivity index (χ1v) is 4.06. The Morgan fingerprint density at radius 3 is 2.00 bits per heavy atom. The smallest absolute Gasteiger partial charge is 0.267 e. The normalized spacial score (nSPS) is 11.6. The van der Waals surface area contributed by atoms with Crippen LogP contribution in [-0.2, 0) is 0 Å². The standard InChI is InChI=1S/C2ClF3OS2/c3-1(7)8-9-2(4,5)6. The molecule has 0 aliphatic heterocycles. The van der Waals surface area contributed by atoms with E-state index >= 15 is 0 Å². The van der Waals surface area contributed by atoms with E-state index in [0.29, 0.717) is 0 Å². The van der Waals surface area contributed by atoms with Crippen LogP contribution in [0.25, 0.3) is 0 Å². The monoisotopic (exact) mass is 196 g/mol. The van der Waals surface area contributed by atoms with Gasteiger partial charge in [-0.25, -0.2) is 0 Å². The van der Waals surface area contributed by atoms with Gasteiger partial charge in [-0.05, 0) is 11.6 Å². The van der Waals surface area contributed by atoms with Gasteiger partial charge in [-0.15, -0.1) is 0 Å². The third-order valence-corrected chi connectivity index (χ3v) is 2.38. The Morgan fingerprint density at radius 1 is 1.44 bits per heavy atom. The van der Waals surface area contributed by atoms with Crippen molar-refractivity contribution < 1.29 is 18.0 Å². The highest BCUT2D eigenvalue weighted by Gasteiger charge is 2.30. The van der Waals surface area contributed by atoms with E-state index in [1.807, 2.05) is 0 Å².